The Bertz CT molecular complexity index is 1490. The first kappa shape index (κ1) is 29.5. The first-order valence-corrected chi connectivity index (χ1v) is 14.1. The average molecular weight is 602 g/mol. The van der Waals surface area contributed by atoms with E-state index >= 15 is 4.39 Å². The van der Waals surface area contributed by atoms with Gasteiger partial charge in [-0.15, -0.1) is 0 Å². The summed E-state index contributed by atoms with van der Waals surface area (Å²) in [5, 5.41) is 22.4. The molecule has 0 aliphatic carbocycles. The molecule has 0 aromatic heterocycles. The molecule has 0 radical (unpaired) electrons. The maximum atomic E-state index is 16.4. The zero-order valence-corrected chi connectivity index (χ0v) is 24.1. The summed E-state index contributed by atoms with van der Waals surface area (Å²) in [4.78, 5) is 27.6. The Morgan fingerprint density at radius 2 is 1.78 bits per heavy atom. The number of benzene rings is 3. The van der Waals surface area contributed by atoms with Crippen LogP contribution in [0.3, 0.4) is 0 Å². The Kier molecular flexibility index (Phi) is 8.16. The van der Waals surface area contributed by atoms with Gasteiger partial charge in [-0.2, -0.15) is 0 Å². The van der Waals surface area contributed by atoms with E-state index in [0.29, 0.717) is 48.6 Å². The van der Waals surface area contributed by atoms with E-state index in [1.165, 1.54) is 36.3 Å². The first-order chi connectivity index (χ1) is 19.6. The number of ether oxygens (including phenoxy) is 2. The molecule has 10 heteroatoms. The van der Waals surface area contributed by atoms with Gasteiger partial charge in [-0.25, -0.2) is 9.18 Å². The lowest BCUT2D eigenvalue weighted by Crippen LogP contribution is -2.46. The van der Waals surface area contributed by atoms with Gasteiger partial charge in [0.15, 0.2) is 5.72 Å². The van der Waals surface area contributed by atoms with E-state index in [4.69, 9.17) is 32.7 Å². The van der Waals surface area contributed by atoms with E-state index in [1.807, 2.05) is 6.92 Å². The third-order valence-corrected chi connectivity index (χ3v) is 8.87. The summed E-state index contributed by atoms with van der Waals surface area (Å²) >= 11 is 12.2. The van der Waals surface area contributed by atoms with Crippen molar-refractivity contribution in [3.8, 4) is 0 Å². The van der Waals surface area contributed by atoms with Crippen LogP contribution in [0.4, 0.5) is 4.39 Å². The highest BCUT2D eigenvalue weighted by molar-refractivity contribution is 6.31. The zero-order valence-electron chi connectivity index (χ0n) is 22.6. The van der Waals surface area contributed by atoms with Gasteiger partial charge < -0.3 is 19.7 Å². The summed E-state index contributed by atoms with van der Waals surface area (Å²) in [5.74, 6) is -2.70. The first-order valence-electron chi connectivity index (χ1n) is 13.4. The molecule has 0 saturated carbocycles. The van der Waals surface area contributed by atoms with Crippen molar-refractivity contribution in [2.24, 2.45) is 5.92 Å². The molecule has 0 spiro atoms. The molecule has 1 saturated heterocycles. The van der Waals surface area contributed by atoms with Crippen LogP contribution in [-0.4, -0.2) is 47.3 Å². The van der Waals surface area contributed by atoms with E-state index in [-0.39, 0.29) is 39.7 Å². The number of rotatable bonds is 8. The van der Waals surface area contributed by atoms with Crippen LogP contribution in [0.25, 0.3) is 0 Å². The topological polar surface area (TPSA) is 96.3 Å². The highest BCUT2D eigenvalue weighted by Gasteiger charge is 2.54. The van der Waals surface area contributed by atoms with E-state index in [1.54, 1.807) is 30.3 Å². The van der Waals surface area contributed by atoms with Crippen molar-refractivity contribution in [2.45, 2.75) is 44.1 Å². The summed E-state index contributed by atoms with van der Waals surface area (Å²) in [7, 11) is 1.36. The van der Waals surface area contributed by atoms with Crippen molar-refractivity contribution in [3.63, 3.8) is 0 Å². The zero-order chi connectivity index (χ0) is 29.5. The normalized spacial score (nSPS) is 20.6. The number of hydrogen-bond acceptors (Lipinski definition) is 5. The largest absolute Gasteiger partial charge is 0.478 e. The SMILES string of the molecule is CCC(O)(c1cc(F)c2c(c1)C(=O)N(Cc1ccc(Cl)cc1C(=O)O)[C@@]2(OC)c1ccc(Cl)cc1)C1CCOCC1. The van der Waals surface area contributed by atoms with E-state index < -0.39 is 29.0 Å². The molecule has 0 bridgehead atoms. The molecule has 3 aromatic carbocycles. The Morgan fingerprint density at radius 1 is 1.12 bits per heavy atom. The molecule has 216 valence electrons. The van der Waals surface area contributed by atoms with Gasteiger partial charge >= 0.3 is 5.97 Å². The van der Waals surface area contributed by atoms with E-state index in [2.05, 4.69) is 0 Å². The molecular weight excluding hydrogens is 572 g/mol. The van der Waals surface area contributed by atoms with Gasteiger partial charge in [-0.3, -0.25) is 9.69 Å². The number of nitrogens with zero attached hydrogens (tertiary/aromatic N) is 1. The molecule has 1 unspecified atom stereocenters. The highest BCUT2D eigenvalue weighted by Crippen LogP contribution is 2.49. The van der Waals surface area contributed by atoms with Crippen LogP contribution in [0.15, 0.2) is 54.6 Å². The van der Waals surface area contributed by atoms with E-state index in [9.17, 15) is 19.8 Å². The monoisotopic (exact) mass is 601 g/mol. The molecule has 7 nitrogen and oxygen atoms in total. The molecule has 1 amide bonds. The van der Waals surface area contributed by atoms with Crippen LogP contribution in [0, 0.1) is 11.7 Å². The molecule has 1 fully saturated rings. The van der Waals surface area contributed by atoms with Crippen molar-refractivity contribution >= 4 is 35.1 Å². The Morgan fingerprint density at radius 3 is 2.39 bits per heavy atom. The lowest BCUT2D eigenvalue weighted by molar-refractivity contribution is -0.0884. The second-order valence-corrected chi connectivity index (χ2v) is 11.3. The van der Waals surface area contributed by atoms with E-state index in [0.717, 1.165) is 0 Å². The number of hydrogen-bond donors (Lipinski definition) is 2. The van der Waals surface area contributed by atoms with Crippen LogP contribution in [0.1, 0.15) is 69.2 Å². The maximum Gasteiger partial charge on any atom is 0.336 e. The number of carbonyl (C=O) groups is 2. The number of fused-ring (bicyclic) bond motifs is 1. The summed E-state index contributed by atoms with van der Waals surface area (Å²) in [5.41, 5.74) is -2.21. The number of carboxylic acids is 1. The fourth-order valence-corrected chi connectivity index (χ4v) is 6.54. The quantitative estimate of drug-likeness (QED) is 0.312. The number of methoxy groups -OCH3 is 1. The smallest absolute Gasteiger partial charge is 0.336 e. The van der Waals surface area contributed by atoms with Gasteiger partial charge in [-0.05, 0) is 72.7 Å². The van der Waals surface area contributed by atoms with Gasteiger partial charge in [0.05, 0.1) is 28.8 Å². The number of halogens is 3. The predicted molar refractivity (Wildman–Crippen MR) is 152 cm³/mol. The minimum absolute atomic E-state index is 0.0210. The standard InChI is InChI=1S/C31H30Cl2FNO6/c1-3-30(39,19-10-12-41-13-11-19)21-14-25-27(26(34)15-21)31(40-2,20-5-8-22(32)9-6-20)35(28(25)36)17-18-4-7-23(33)16-24(18)29(37)38/h4-9,14-16,19,39H,3,10-13,17H2,1-2H3,(H,37,38)/t30?,31-/m1/s1. The molecule has 2 aliphatic rings. The van der Waals surface area contributed by atoms with Crippen molar-refractivity contribution < 1.29 is 33.7 Å². The summed E-state index contributed by atoms with van der Waals surface area (Å²) in [6.07, 6.45) is 1.52. The third kappa shape index (κ3) is 4.91. The van der Waals surface area contributed by atoms with Crippen molar-refractivity contribution in [3.05, 3.63) is 104 Å². The van der Waals surface area contributed by atoms with Crippen LogP contribution in [0.2, 0.25) is 10.0 Å². The summed E-state index contributed by atoms with van der Waals surface area (Å²) in [6, 6.07) is 13.7. The predicted octanol–water partition coefficient (Wildman–Crippen LogP) is 6.36. The molecule has 2 heterocycles. The second kappa shape index (κ2) is 11.3. The lowest BCUT2D eigenvalue weighted by Gasteiger charge is -2.39. The molecule has 2 N–H and O–H groups in total. The second-order valence-electron chi connectivity index (χ2n) is 10.4. The molecule has 2 aliphatic heterocycles. The van der Waals surface area contributed by atoms with Gasteiger partial charge in [0.1, 0.15) is 5.82 Å². The number of aliphatic hydroxyl groups is 1. The third-order valence-electron chi connectivity index (χ3n) is 8.38. The molecular formula is C31H30Cl2FNO6. The summed E-state index contributed by atoms with van der Waals surface area (Å²) < 4.78 is 28.0. The summed E-state index contributed by atoms with van der Waals surface area (Å²) in [6.45, 7) is 2.58. The maximum absolute atomic E-state index is 16.4. The van der Waals surface area contributed by atoms with Gasteiger partial charge in [-0.1, -0.05) is 48.3 Å². The molecule has 41 heavy (non-hydrogen) atoms. The minimum atomic E-state index is -1.75. The highest BCUT2D eigenvalue weighted by atomic mass is 35.5. The number of aromatic carboxylic acids is 1. The fraction of sp³-hybridized carbons (Fsp3) is 0.355. The number of carbonyl (C=O) groups excluding carboxylic acids is 1. The van der Waals surface area contributed by atoms with Crippen LogP contribution in [-0.2, 0) is 27.3 Å². The average Bonchev–Trinajstić information content (AvgIpc) is 3.22. The van der Waals surface area contributed by atoms with Crippen molar-refractivity contribution in [2.75, 3.05) is 20.3 Å². The lowest BCUT2D eigenvalue weighted by atomic mass is 9.74. The van der Waals surface area contributed by atoms with Crippen LogP contribution >= 0.6 is 23.2 Å². The van der Waals surface area contributed by atoms with Crippen molar-refractivity contribution in [1.82, 2.24) is 4.90 Å². The van der Waals surface area contributed by atoms with Gasteiger partial charge in [0.25, 0.3) is 5.91 Å². The van der Waals surface area contributed by atoms with Crippen LogP contribution in [0.5, 0.6) is 0 Å². The molecule has 5 rings (SSSR count). The van der Waals surface area contributed by atoms with Crippen molar-refractivity contribution in [1.29, 1.82) is 0 Å². The molecule has 3 aromatic rings. The Labute approximate surface area is 247 Å². The Balaban J connectivity index is 1.72. The Hall–Kier alpha value is -3.01. The fourth-order valence-electron chi connectivity index (χ4n) is 6.24. The minimum Gasteiger partial charge on any atom is -0.478 e. The molecule has 2 atom stereocenters. The number of amides is 1. The van der Waals surface area contributed by atoms with Crippen LogP contribution < -0.4 is 0 Å². The van der Waals surface area contributed by atoms with Gasteiger partial charge in [0.2, 0.25) is 0 Å². The van der Waals surface area contributed by atoms with Gasteiger partial charge in [0, 0.05) is 35.9 Å². The number of carboxylic acid groups (broad SMARTS) is 1.